The summed E-state index contributed by atoms with van der Waals surface area (Å²) in [6, 6.07) is 2.42. The minimum Gasteiger partial charge on any atom is -0.353 e. The van der Waals surface area contributed by atoms with Crippen molar-refractivity contribution < 1.29 is 4.79 Å². The number of carbonyl (C=O) groups is 1. The summed E-state index contributed by atoms with van der Waals surface area (Å²) < 4.78 is 2.16. The van der Waals surface area contributed by atoms with Crippen LogP contribution in [-0.4, -0.2) is 53.0 Å². The Kier molecular flexibility index (Phi) is 5.10. The largest absolute Gasteiger partial charge is 0.353 e. The molecule has 3 rings (SSSR count). The quantitative estimate of drug-likeness (QED) is 0.834. The van der Waals surface area contributed by atoms with E-state index in [0.29, 0.717) is 12.0 Å². The first-order chi connectivity index (χ1) is 11.1. The standard InChI is InChI=1S/C19H31N3O/c1-4-11-22-13-8-16(9-14-22)21(3)19(23)17-10-12-20(2)18(17)15-6-5-7-15/h10,12,15-16H,4-9,11,13-14H2,1-3H3. The molecule has 1 aliphatic carbocycles. The third kappa shape index (κ3) is 3.32. The van der Waals surface area contributed by atoms with Crippen LogP contribution in [0.2, 0.25) is 0 Å². The predicted octanol–water partition coefficient (Wildman–Crippen LogP) is 3.24. The molecule has 0 atom stereocenters. The maximum atomic E-state index is 13.0. The molecular weight excluding hydrogens is 286 g/mol. The fraction of sp³-hybridized carbons (Fsp3) is 0.737. The molecule has 128 valence electrons. The van der Waals surface area contributed by atoms with Gasteiger partial charge in [-0.3, -0.25) is 4.79 Å². The fourth-order valence-corrected chi connectivity index (χ4v) is 4.11. The molecule has 2 fully saturated rings. The van der Waals surface area contributed by atoms with Gasteiger partial charge >= 0.3 is 0 Å². The van der Waals surface area contributed by atoms with Crippen molar-refractivity contribution in [2.24, 2.45) is 7.05 Å². The molecule has 0 N–H and O–H groups in total. The number of amides is 1. The van der Waals surface area contributed by atoms with E-state index >= 15 is 0 Å². The van der Waals surface area contributed by atoms with Crippen LogP contribution in [0.3, 0.4) is 0 Å². The van der Waals surface area contributed by atoms with Gasteiger partial charge in [0.05, 0.1) is 5.56 Å². The van der Waals surface area contributed by atoms with Crippen LogP contribution in [0.15, 0.2) is 12.3 Å². The maximum Gasteiger partial charge on any atom is 0.255 e. The third-order valence-electron chi connectivity index (χ3n) is 5.81. The van der Waals surface area contributed by atoms with Gasteiger partial charge in [-0.05, 0) is 50.6 Å². The molecule has 2 aliphatic rings. The van der Waals surface area contributed by atoms with Gasteiger partial charge in [0.15, 0.2) is 0 Å². The Bertz CT molecular complexity index is 539. The van der Waals surface area contributed by atoms with Gasteiger partial charge < -0.3 is 14.4 Å². The Morgan fingerprint density at radius 1 is 1.26 bits per heavy atom. The van der Waals surface area contributed by atoms with E-state index in [9.17, 15) is 4.79 Å². The highest BCUT2D eigenvalue weighted by molar-refractivity contribution is 5.95. The molecule has 0 radical (unpaired) electrons. The number of hydrogen-bond donors (Lipinski definition) is 0. The van der Waals surface area contributed by atoms with Crippen LogP contribution in [-0.2, 0) is 7.05 Å². The summed E-state index contributed by atoms with van der Waals surface area (Å²) in [7, 11) is 4.08. The zero-order valence-electron chi connectivity index (χ0n) is 14.9. The van der Waals surface area contributed by atoms with Crippen molar-refractivity contribution in [3.8, 4) is 0 Å². The summed E-state index contributed by atoms with van der Waals surface area (Å²) in [6.45, 7) is 5.68. The second-order valence-corrected chi connectivity index (χ2v) is 7.34. The molecular formula is C19H31N3O. The van der Waals surface area contributed by atoms with Crippen LogP contribution in [0.25, 0.3) is 0 Å². The molecule has 1 aliphatic heterocycles. The lowest BCUT2D eigenvalue weighted by atomic mass is 9.81. The van der Waals surface area contributed by atoms with Crippen molar-refractivity contribution in [1.82, 2.24) is 14.4 Å². The van der Waals surface area contributed by atoms with Gasteiger partial charge in [-0.15, -0.1) is 0 Å². The smallest absolute Gasteiger partial charge is 0.255 e. The first-order valence-electron chi connectivity index (χ1n) is 9.26. The SMILES string of the molecule is CCCN1CCC(N(C)C(=O)c2ccn(C)c2C2CCC2)CC1. The molecule has 1 saturated carbocycles. The van der Waals surface area contributed by atoms with E-state index in [1.165, 1.54) is 37.9 Å². The van der Waals surface area contributed by atoms with Crippen LogP contribution >= 0.6 is 0 Å². The summed E-state index contributed by atoms with van der Waals surface area (Å²) in [5.41, 5.74) is 2.20. The minimum absolute atomic E-state index is 0.224. The minimum atomic E-state index is 0.224. The van der Waals surface area contributed by atoms with Gasteiger partial charge in [-0.2, -0.15) is 0 Å². The first kappa shape index (κ1) is 16.6. The number of likely N-dealkylation sites (tertiary alicyclic amines) is 1. The molecule has 0 spiro atoms. The van der Waals surface area contributed by atoms with E-state index < -0.39 is 0 Å². The van der Waals surface area contributed by atoms with Crippen molar-refractivity contribution in [3.05, 3.63) is 23.5 Å². The number of rotatable bonds is 5. The Balaban J connectivity index is 1.66. The summed E-state index contributed by atoms with van der Waals surface area (Å²) in [5, 5.41) is 0. The molecule has 2 heterocycles. The lowest BCUT2D eigenvalue weighted by molar-refractivity contribution is 0.0640. The monoisotopic (exact) mass is 317 g/mol. The molecule has 0 aromatic carbocycles. The van der Waals surface area contributed by atoms with Gasteiger partial charge in [0.25, 0.3) is 5.91 Å². The van der Waals surface area contributed by atoms with Crippen LogP contribution in [0.1, 0.15) is 67.4 Å². The molecule has 1 aromatic rings. The van der Waals surface area contributed by atoms with E-state index in [1.54, 1.807) is 0 Å². The summed E-state index contributed by atoms with van der Waals surface area (Å²) in [5.74, 6) is 0.815. The van der Waals surface area contributed by atoms with Crippen molar-refractivity contribution in [2.75, 3.05) is 26.7 Å². The highest BCUT2D eigenvalue weighted by atomic mass is 16.2. The maximum absolute atomic E-state index is 13.0. The Morgan fingerprint density at radius 3 is 2.52 bits per heavy atom. The van der Waals surface area contributed by atoms with Crippen LogP contribution < -0.4 is 0 Å². The number of nitrogens with zero attached hydrogens (tertiary/aromatic N) is 3. The van der Waals surface area contributed by atoms with Gasteiger partial charge in [0.1, 0.15) is 0 Å². The van der Waals surface area contributed by atoms with Crippen molar-refractivity contribution in [3.63, 3.8) is 0 Å². The van der Waals surface area contributed by atoms with E-state index in [2.05, 4.69) is 29.6 Å². The van der Waals surface area contributed by atoms with Gasteiger partial charge in [0, 0.05) is 45.1 Å². The number of piperidine rings is 1. The lowest BCUT2D eigenvalue weighted by Gasteiger charge is -2.37. The molecule has 4 nitrogen and oxygen atoms in total. The Labute approximate surface area is 140 Å². The molecule has 0 bridgehead atoms. The molecule has 0 unspecified atom stereocenters. The molecule has 23 heavy (non-hydrogen) atoms. The van der Waals surface area contributed by atoms with Crippen LogP contribution in [0.5, 0.6) is 0 Å². The molecule has 4 heteroatoms. The number of hydrogen-bond acceptors (Lipinski definition) is 2. The molecule has 1 aromatic heterocycles. The zero-order valence-corrected chi connectivity index (χ0v) is 14.9. The zero-order chi connectivity index (χ0) is 16.4. The number of aryl methyl sites for hydroxylation is 1. The predicted molar refractivity (Wildman–Crippen MR) is 93.9 cm³/mol. The van der Waals surface area contributed by atoms with Crippen LogP contribution in [0.4, 0.5) is 0 Å². The van der Waals surface area contributed by atoms with E-state index in [-0.39, 0.29) is 5.91 Å². The Morgan fingerprint density at radius 2 is 1.96 bits per heavy atom. The summed E-state index contributed by atoms with van der Waals surface area (Å²) in [6.07, 6.45) is 9.25. The van der Waals surface area contributed by atoms with Gasteiger partial charge in [0.2, 0.25) is 0 Å². The van der Waals surface area contributed by atoms with Crippen molar-refractivity contribution >= 4 is 5.91 Å². The van der Waals surface area contributed by atoms with E-state index in [4.69, 9.17) is 0 Å². The molecule has 1 amide bonds. The Hall–Kier alpha value is -1.29. The number of aromatic nitrogens is 1. The summed E-state index contributed by atoms with van der Waals surface area (Å²) in [4.78, 5) is 17.6. The van der Waals surface area contributed by atoms with Crippen LogP contribution in [0, 0.1) is 0 Å². The topological polar surface area (TPSA) is 28.5 Å². The normalized spacial score (nSPS) is 20.5. The second-order valence-electron chi connectivity index (χ2n) is 7.34. The average molecular weight is 317 g/mol. The van der Waals surface area contributed by atoms with E-state index in [0.717, 1.165) is 31.5 Å². The highest BCUT2D eigenvalue weighted by Gasteiger charge is 2.31. The highest BCUT2D eigenvalue weighted by Crippen LogP contribution is 2.38. The summed E-state index contributed by atoms with van der Waals surface area (Å²) >= 11 is 0. The number of carbonyl (C=O) groups excluding carboxylic acids is 1. The van der Waals surface area contributed by atoms with Crippen molar-refractivity contribution in [2.45, 2.75) is 57.4 Å². The van der Waals surface area contributed by atoms with E-state index in [1.807, 2.05) is 18.0 Å². The second kappa shape index (κ2) is 7.08. The van der Waals surface area contributed by atoms with Gasteiger partial charge in [-0.1, -0.05) is 13.3 Å². The fourth-order valence-electron chi connectivity index (χ4n) is 4.11. The van der Waals surface area contributed by atoms with Gasteiger partial charge in [-0.25, -0.2) is 0 Å². The first-order valence-corrected chi connectivity index (χ1v) is 9.26. The lowest BCUT2D eigenvalue weighted by Crippen LogP contribution is -2.45. The van der Waals surface area contributed by atoms with Crippen molar-refractivity contribution in [1.29, 1.82) is 0 Å². The average Bonchev–Trinajstić information content (AvgIpc) is 2.87. The third-order valence-corrected chi connectivity index (χ3v) is 5.81. The molecule has 1 saturated heterocycles.